The molecular formula is C13H16N2O6. The maximum absolute atomic E-state index is 11.7. The van der Waals surface area contributed by atoms with Gasteiger partial charge >= 0.3 is 18.0 Å². The minimum Gasteiger partial charge on any atom is -0.480 e. The van der Waals surface area contributed by atoms with Gasteiger partial charge in [-0.25, -0.2) is 14.4 Å². The van der Waals surface area contributed by atoms with Gasteiger partial charge < -0.3 is 25.6 Å². The molecule has 0 saturated heterocycles. The summed E-state index contributed by atoms with van der Waals surface area (Å²) in [6.07, 6.45) is 0. The number of carboxylic acid groups (broad SMARTS) is 1. The molecule has 1 rings (SSSR count). The third-order valence-corrected chi connectivity index (χ3v) is 2.63. The van der Waals surface area contributed by atoms with Gasteiger partial charge in [-0.05, 0) is 5.56 Å². The largest absolute Gasteiger partial charge is 0.480 e. The zero-order valence-corrected chi connectivity index (χ0v) is 11.3. The van der Waals surface area contributed by atoms with Crippen LogP contribution in [-0.2, 0) is 14.3 Å². The third kappa shape index (κ3) is 4.77. The zero-order chi connectivity index (χ0) is 15.8. The summed E-state index contributed by atoms with van der Waals surface area (Å²) in [5.74, 6) is -2.09. The monoisotopic (exact) mass is 296 g/mol. The smallest absolute Gasteiger partial charge is 0.333 e. The predicted octanol–water partition coefficient (Wildman–Crippen LogP) is -0.355. The van der Waals surface area contributed by atoms with Gasteiger partial charge in [-0.15, -0.1) is 0 Å². The number of carbonyl (C=O) groups is 3. The summed E-state index contributed by atoms with van der Waals surface area (Å²) in [5.41, 5.74) is 0.482. The molecule has 0 saturated carbocycles. The standard InChI is InChI=1S/C13H16N2O6/c1-21-12(19)10(8-5-3-2-4-6-8)15-13(20)14-9(7-16)11(17)18/h2-6,9-10,16H,7H2,1H3,(H,17,18)(H2,14,15,20)/t9-,10?/m0/s1. The third-order valence-electron chi connectivity index (χ3n) is 2.63. The van der Waals surface area contributed by atoms with Crippen LogP contribution in [0.4, 0.5) is 4.79 Å². The molecule has 8 heteroatoms. The van der Waals surface area contributed by atoms with Crippen molar-refractivity contribution in [3.8, 4) is 0 Å². The SMILES string of the molecule is COC(=O)C(NC(=O)N[C@@H](CO)C(=O)O)c1ccccc1. The highest BCUT2D eigenvalue weighted by Crippen LogP contribution is 2.13. The number of ether oxygens (including phenoxy) is 1. The van der Waals surface area contributed by atoms with E-state index in [9.17, 15) is 14.4 Å². The lowest BCUT2D eigenvalue weighted by Gasteiger charge is -2.19. The van der Waals surface area contributed by atoms with Gasteiger partial charge in [-0.2, -0.15) is 0 Å². The number of urea groups is 1. The molecule has 8 nitrogen and oxygen atoms in total. The molecule has 0 spiro atoms. The molecule has 0 fully saturated rings. The highest BCUT2D eigenvalue weighted by Gasteiger charge is 2.25. The number of carboxylic acids is 1. The molecule has 0 bridgehead atoms. The predicted molar refractivity (Wildman–Crippen MR) is 71.4 cm³/mol. The molecule has 1 aromatic carbocycles. The fraction of sp³-hybridized carbons (Fsp3) is 0.308. The van der Waals surface area contributed by atoms with Crippen LogP contribution in [-0.4, -0.2) is 47.9 Å². The van der Waals surface area contributed by atoms with Crippen LogP contribution in [0.25, 0.3) is 0 Å². The summed E-state index contributed by atoms with van der Waals surface area (Å²) in [7, 11) is 1.17. The van der Waals surface area contributed by atoms with Gasteiger partial charge in [0.15, 0.2) is 12.1 Å². The van der Waals surface area contributed by atoms with Crippen LogP contribution in [0.1, 0.15) is 11.6 Å². The number of hydrogen-bond acceptors (Lipinski definition) is 5. The molecule has 2 atom stereocenters. The number of benzene rings is 1. The summed E-state index contributed by atoms with van der Waals surface area (Å²) in [6.45, 7) is -0.767. The number of methoxy groups -OCH3 is 1. The van der Waals surface area contributed by atoms with Crippen molar-refractivity contribution in [2.45, 2.75) is 12.1 Å². The van der Waals surface area contributed by atoms with Crippen LogP contribution in [0.15, 0.2) is 30.3 Å². The Morgan fingerprint density at radius 3 is 2.29 bits per heavy atom. The number of nitrogens with one attached hydrogen (secondary N) is 2. The normalized spacial score (nSPS) is 12.9. The van der Waals surface area contributed by atoms with E-state index in [2.05, 4.69) is 10.1 Å². The van der Waals surface area contributed by atoms with Crippen molar-refractivity contribution in [3.63, 3.8) is 0 Å². The first-order chi connectivity index (χ1) is 9.99. The second-order valence-corrected chi connectivity index (χ2v) is 4.06. The van der Waals surface area contributed by atoms with Crippen molar-refractivity contribution >= 4 is 18.0 Å². The summed E-state index contributed by atoms with van der Waals surface area (Å²) >= 11 is 0. The summed E-state index contributed by atoms with van der Waals surface area (Å²) < 4.78 is 4.60. The fourth-order valence-electron chi connectivity index (χ4n) is 1.56. The fourth-order valence-corrected chi connectivity index (χ4v) is 1.56. The Balaban J connectivity index is 2.80. The first kappa shape index (κ1) is 16.4. The Labute approximate surface area is 120 Å². The van der Waals surface area contributed by atoms with E-state index in [1.165, 1.54) is 7.11 Å². The van der Waals surface area contributed by atoms with Crippen LogP contribution < -0.4 is 10.6 Å². The van der Waals surface area contributed by atoms with E-state index in [0.717, 1.165) is 0 Å². The highest BCUT2D eigenvalue weighted by molar-refractivity contribution is 5.87. The minimum absolute atomic E-state index is 0.482. The topological polar surface area (TPSA) is 125 Å². The number of aliphatic hydroxyl groups is 1. The highest BCUT2D eigenvalue weighted by atomic mass is 16.5. The maximum atomic E-state index is 11.7. The zero-order valence-electron chi connectivity index (χ0n) is 11.3. The van der Waals surface area contributed by atoms with Crippen LogP contribution in [0.3, 0.4) is 0 Å². The van der Waals surface area contributed by atoms with Crippen molar-refractivity contribution in [1.29, 1.82) is 0 Å². The van der Waals surface area contributed by atoms with Crippen molar-refractivity contribution < 1.29 is 29.3 Å². The van der Waals surface area contributed by atoms with Crippen molar-refractivity contribution in [3.05, 3.63) is 35.9 Å². The second kappa shape index (κ2) is 7.85. The molecule has 2 amide bonds. The first-order valence-electron chi connectivity index (χ1n) is 6.03. The number of rotatable bonds is 6. The first-order valence-corrected chi connectivity index (χ1v) is 6.03. The number of amides is 2. The number of hydrogen-bond donors (Lipinski definition) is 4. The Bertz CT molecular complexity index is 505. The van der Waals surface area contributed by atoms with Crippen LogP contribution in [0.2, 0.25) is 0 Å². The van der Waals surface area contributed by atoms with Gasteiger partial charge in [0.25, 0.3) is 0 Å². The second-order valence-electron chi connectivity index (χ2n) is 4.06. The van der Waals surface area contributed by atoms with Crippen molar-refractivity contribution in [1.82, 2.24) is 10.6 Å². The van der Waals surface area contributed by atoms with E-state index in [1.54, 1.807) is 30.3 Å². The molecule has 0 aliphatic rings. The Hall–Kier alpha value is -2.61. The Kier molecular flexibility index (Phi) is 6.15. The molecule has 0 aliphatic heterocycles. The van der Waals surface area contributed by atoms with E-state index in [4.69, 9.17) is 10.2 Å². The summed E-state index contributed by atoms with van der Waals surface area (Å²) in [6, 6.07) is 4.88. The quantitative estimate of drug-likeness (QED) is 0.532. The van der Waals surface area contributed by atoms with Crippen molar-refractivity contribution in [2.24, 2.45) is 0 Å². The molecule has 0 radical (unpaired) electrons. The number of carbonyl (C=O) groups excluding carboxylic acids is 2. The lowest BCUT2D eigenvalue weighted by Crippen LogP contribution is -2.49. The molecular weight excluding hydrogens is 280 g/mol. The molecule has 0 aliphatic carbocycles. The number of aliphatic carboxylic acids is 1. The molecule has 21 heavy (non-hydrogen) atoms. The van der Waals surface area contributed by atoms with Crippen LogP contribution in [0.5, 0.6) is 0 Å². The summed E-state index contributed by atoms with van der Waals surface area (Å²) in [5, 5.41) is 21.9. The number of aliphatic hydroxyl groups excluding tert-OH is 1. The van der Waals surface area contributed by atoms with Gasteiger partial charge in [-0.1, -0.05) is 30.3 Å². The van der Waals surface area contributed by atoms with Gasteiger partial charge in [-0.3, -0.25) is 0 Å². The Morgan fingerprint density at radius 1 is 1.19 bits per heavy atom. The Morgan fingerprint density at radius 2 is 1.81 bits per heavy atom. The van der Waals surface area contributed by atoms with E-state index in [1.807, 2.05) is 5.32 Å². The molecule has 1 unspecified atom stereocenters. The lowest BCUT2D eigenvalue weighted by molar-refractivity contribution is -0.143. The maximum Gasteiger partial charge on any atom is 0.333 e. The lowest BCUT2D eigenvalue weighted by atomic mass is 10.1. The van der Waals surface area contributed by atoms with Gasteiger partial charge in [0.1, 0.15) is 0 Å². The summed E-state index contributed by atoms with van der Waals surface area (Å²) in [4.78, 5) is 34.1. The molecule has 114 valence electrons. The van der Waals surface area contributed by atoms with E-state index in [-0.39, 0.29) is 0 Å². The average molecular weight is 296 g/mol. The van der Waals surface area contributed by atoms with Gasteiger partial charge in [0.2, 0.25) is 0 Å². The van der Waals surface area contributed by atoms with E-state index in [0.29, 0.717) is 5.56 Å². The molecule has 0 heterocycles. The minimum atomic E-state index is -1.46. The van der Waals surface area contributed by atoms with Gasteiger partial charge in [0.05, 0.1) is 13.7 Å². The number of esters is 1. The van der Waals surface area contributed by atoms with Crippen molar-refractivity contribution in [2.75, 3.05) is 13.7 Å². The van der Waals surface area contributed by atoms with E-state index >= 15 is 0 Å². The molecule has 0 aromatic heterocycles. The molecule has 4 N–H and O–H groups in total. The molecule has 1 aromatic rings. The average Bonchev–Trinajstić information content (AvgIpc) is 2.50. The van der Waals surface area contributed by atoms with Gasteiger partial charge in [0, 0.05) is 0 Å². The van der Waals surface area contributed by atoms with Crippen LogP contribution in [0, 0.1) is 0 Å². The van der Waals surface area contributed by atoms with E-state index < -0.39 is 36.7 Å². The van der Waals surface area contributed by atoms with Crippen LogP contribution >= 0.6 is 0 Å².